The molecular formula is C13H16O2. The zero-order valence-electron chi connectivity index (χ0n) is 9.14. The third kappa shape index (κ3) is 1.40. The van der Waals surface area contributed by atoms with Crippen molar-refractivity contribution in [3.8, 4) is 0 Å². The molecule has 0 amide bonds. The van der Waals surface area contributed by atoms with Crippen molar-refractivity contribution in [1.29, 1.82) is 0 Å². The molecule has 2 nitrogen and oxygen atoms in total. The normalized spacial score (nSPS) is 38.5. The molecule has 80 valence electrons. The number of hydrogen-bond donors (Lipinski definition) is 0. The molecular weight excluding hydrogens is 188 g/mol. The highest BCUT2D eigenvalue weighted by molar-refractivity contribution is 5.35. The van der Waals surface area contributed by atoms with Crippen molar-refractivity contribution in [2.24, 2.45) is 5.92 Å². The Labute approximate surface area is 90.2 Å². The van der Waals surface area contributed by atoms with Gasteiger partial charge in [0.2, 0.25) is 0 Å². The van der Waals surface area contributed by atoms with Crippen LogP contribution in [0.3, 0.4) is 0 Å². The van der Waals surface area contributed by atoms with Crippen molar-refractivity contribution in [2.75, 3.05) is 0 Å². The van der Waals surface area contributed by atoms with Crippen LogP contribution in [-0.4, -0.2) is 12.4 Å². The van der Waals surface area contributed by atoms with E-state index in [1.807, 2.05) is 6.92 Å². The van der Waals surface area contributed by atoms with Crippen molar-refractivity contribution in [3.63, 3.8) is 0 Å². The van der Waals surface area contributed by atoms with Gasteiger partial charge in [0.15, 0.2) is 6.29 Å². The van der Waals surface area contributed by atoms with Gasteiger partial charge >= 0.3 is 0 Å². The van der Waals surface area contributed by atoms with Gasteiger partial charge in [0.25, 0.3) is 0 Å². The van der Waals surface area contributed by atoms with Crippen LogP contribution < -0.4 is 0 Å². The van der Waals surface area contributed by atoms with Crippen LogP contribution >= 0.6 is 0 Å². The summed E-state index contributed by atoms with van der Waals surface area (Å²) in [7, 11) is 0. The Morgan fingerprint density at radius 1 is 1.13 bits per heavy atom. The maximum atomic E-state index is 5.88. The molecule has 0 saturated carbocycles. The van der Waals surface area contributed by atoms with Crippen LogP contribution in [0.4, 0.5) is 0 Å². The molecule has 0 aromatic heterocycles. The maximum absolute atomic E-state index is 5.88. The first kappa shape index (κ1) is 9.37. The second kappa shape index (κ2) is 3.32. The van der Waals surface area contributed by atoms with E-state index in [-0.39, 0.29) is 12.4 Å². The molecule has 4 atom stereocenters. The molecule has 0 unspecified atom stereocenters. The fourth-order valence-electron chi connectivity index (χ4n) is 2.82. The molecule has 1 aliphatic heterocycles. The minimum absolute atomic E-state index is 0.0765. The standard InChI is InChI=1S/C13H16O2/c1-8-12-7-10-5-3-4-6-11(10)13(12)15-9(2)14-8/h3-6,8-9,12-13H,7H2,1-2H3/t8-,9-,12-,13-/m0/s1. The third-order valence-corrected chi connectivity index (χ3v) is 3.55. The van der Waals surface area contributed by atoms with E-state index in [0.29, 0.717) is 12.0 Å². The van der Waals surface area contributed by atoms with Gasteiger partial charge in [-0.15, -0.1) is 0 Å². The number of ether oxygens (including phenoxy) is 2. The lowest BCUT2D eigenvalue weighted by molar-refractivity contribution is -0.254. The highest BCUT2D eigenvalue weighted by Gasteiger charge is 2.41. The molecule has 3 rings (SSSR count). The number of benzene rings is 1. The zero-order valence-corrected chi connectivity index (χ0v) is 9.14. The molecule has 1 aliphatic carbocycles. The van der Waals surface area contributed by atoms with Crippen LogP contribution in [0.5, 0.6) is 0 Å². The van der Waals surface area contributed by atoms with Crippen molar-refractivity contribution in [3.05, 3.63) is 35.4 Å². The van der Waals surface area contributed by atoms with E-state index in [1.54, 1.807) is 0 Å². The lowest BCUT2D eigenvalue weighted by atomic mass is 9.96. The van der Waals surface area contributed by atoms with E-state index >= 15 is 0 Å². The minimum Gasteiger partial charge on any atom is -0.350 e. The SMILES string of the molecule is C[C@H]1O[C@@H](C)[C@@H]2Cc3ccccc3[C@@H]2O1. The highest BCUT2D eigenvalue weighted by atomic mass is 16.7. The van der Waals surface area contributed by atoms with Gasteiger partial charge in [-0.2, -0.15) is 0 Å². The van der Waals surface area contributed by atoms with Gasteiger partial charge in [0.1, 0.15) is 0 Å². The van der Waals surface area contributed by atoms with Gasteiger partial charge in [-0.05, 0) is 31.4 Å². The number of rotatable bonds is 0. The largest absolute Gasteiger partial charge is 0.350 e. The van der Waals surface area contributed by atoms with E-state index < -0.39 is 0 Å². The van der Waals surface area contributed by atoms with Gasteiger partial charge < -0.3 is 9.47 Å². The summed E-state index contributed by atoms with van der Waals surface area (Å²) in [5, 5.41) is 0. The second-order valence-corrected chi connectivity index (χ2v) is 4.53. The van der Waals surface area contributed by atoms with E-state index in [1.165, 1.54) is 11.1 Å². The van der Waals surface area contributed by atoms with Crippen molar-refractivity contribution >= 4 is 0 Å². The summed E-state index contributed by atoms with van der Waals surface area (Å²) in [5.41, 5.74) is 2.79. The summed E-state index contributed by atoms with van der Waals surface area (Å²) in [6.07, 6.45) is 1.56. The summed E-state index contributed by atoms with van der Waals surface area (Å²) in [6.45, 7) is 4.14. The molecule has 0 spiro atoms. The lowest BCUT2D eigenvalue weighted by Crippen LogP contribution is -2.37. The molecule has 1 fully saturated rings. The molecule has 0 bridgehead atoms. The molecule has 2 aliphatic rings. The first-order valence-corrected chi connectivity index (χ1v) is 5.64. The predicted octanol–water partition coefficient (Wildman–Crippen LogP) is 2.68. The molecule has 2 heteroatoms. The number of hydrogen-bond acceptors (Lipinski definition) is 2. The molecule has 0 radical (unpaired) electrons. The van der Waals surface area contributed by atoms with Crippen LogP contribution in [0.2, 0.25) is 0 Å². The average Bonchev–Trinajstić information content (AvgIpc) is 2.57. The van der Waals surface area contributed by atoms with Crippen LogP contribution in [0.15, 0.2) is 24.3 Å². The van der Waals surface area contributed by atoms with Gasteiger partial charge in [-0.25, -0.2) is 0 Å². The first-order valence-electron chi connectivity index (χ1n) is 5.64. The second-order valence-electron chi connectivity index (χ2n) is 4.53. The Morgan fingerprint density at radius 3 is 2.80 bits per heavy atom. The van der Waals surface area contributed by atoms with Crippen LogP contribution in [0, 0.1) is 5.92 Å². The maximum Gasteiger partial charge on any atom is 0.156 e. The Hall–Kier alpha value is -0.860. The Morgan fingerprint density at radius 2 is 1.93 bits per heavy atom. The Kier molecular flexibility index (Phi) is 2.08. The Balaban J connectivity index is 1.98. The van der Waals surface area contributed by atoms with Crippen molar-refractivity contribution in [2.45, 2.75) is 38.8 Å². The van der Waals surface area contributed by atoms with Crippen molar-refractivity contribution < 1.29 is 9.47 Å². The monoisotopic (exact) mass is 204 g/mol. The molecule has 1 aromatic rings. The van der Waals surface area contributed by atoms with E-state index in [2.05, 4.69) is 31.2 Å². The Bertz CT molecular complexity index is 375. The smallest absolute Gasteiger partial charge is 0.156 e. The molecule has 15 heavy (non-hydrogen) atoms. The fourth-order valence-corrected chi connectivity index (χ4v) is 2.82. The minimum atomic E-state index is -0.0765. The van der Waals surface area contributed by atoms with Gasteiger partial charge in [0.05, 0.1) is 12.2 Å². The summed E-state index contributed by atoms with van der Waals surface area (Å²) in [4.78, 5) is 0. The number of fused-ring (bicyclic) bond motifs is 3. The van der Waals surface area contributed by atoms with E-state index in [4.69, 9.17) is 9.47 Å². The summed E-state index contributed by atoms with van der Waals surface area (Å²) in [5.74, 6) is 0.499. The lowest BCUT2D eigenvalue weighted by Gasteiger charge is -2.36. The summed E-state index contributed by atoms with van der Waals surface area (Å²) in [6, 6.07) is 8.58. The van der Waals surface area contributed by atoms with Crippen LogP contribution in [0.25, 0.3) is 0 Å². The zero-order chi connectivity index (χ0) is 10.4. The molecule has 1 heterocycles. The van der Waals surface area contributed by atoms with E-state index in [0.717, 1.165) is 6.42 Å². The van der Waals surface area contributed by atoms with Gasteiger partial charge in [-0.1, -0.05) is 24.3 Å². The van der Waals surface area contributed by atoms with Crippen LogP contribution in [0.1, 0.15) is 31.1 Å². The van der Waals surface area contributed by atoms with Gasteiger partial charge in [0, 0.05) is 5.92 Å². The molecule has 1 aromatic carbocycles. The average molecular weight is 204 g/mol. The molecule has 0 N–H and O–H groups in total. The van der Waals surface area contributed by atoms with Crippen LogP contribution in [-0.2, 0) is 15.9 Å². The summed E-state index contributed by atoms with van der Waals surface area (Å²) >= 11 is 0. The van der Waals surface area contributed by atoms with Crippen molar-refractivity contribution in [1.82, 2.24) is 0 Å². The topological polar surface area (TPSA) is 18.5 Å². The third-order valence-electron chi connectivity index (χ3n) is 3.55. The molecule has 1 saturated heterocycles. The van der Waals surface area contributed by atoms with Gasteiger partial charge in [-0.3, -0.25) is 0 Å². The highest BCUT2D eigenvalue weighted by Crippen LogP contribution is 2.44. The fraction of sp³-hybridized carbons (Fsp3) is 0.538. The quantitative estimate of drug-likeness (QED) is 0.647. The summed E-state index contributed by atoms with van der Waals surface area (Å²) < 4.78 is 11.6. The van der Waals surface area contributed by atoms with E-state index in [9.17, 15) is 0 Å². The predicted molar refractivity (Wildman–Crippen MR) is 57.5 cm³/mol. The first-order chi connectivity index (χ1) is 7.25.